The number of hydrogen-bond acceptors (Lipinski definition) is 4. The van der Waals surface area contributed by atoms with E-state index >= 15 is 0 Å². The van der Waals surface area contributed by atoms with Gasteiger partial charge in [-0.3, -0.25) is 24.3 Å². The predicted molar refractivity (Wildman–Crippen MR) is 121 cm³/mol. The molecule has 3 aromatic rings. The van der Waals surface area contributed by atoms with Gasteiger partial charge in [-0.05, 0) is 67.1 Å². The second-order valence-electron chi connectivity index (χ2n) is 8.84. The van der Waals surface area contributed by atoms with E-state index in [4.69, 9.17) is 0 Å². The van der Waals surface area contributed by atoms with Crippen molar-refractivity contribution in [2.75, 3.05) is 10.2 Å². The lowest BCUT2D eigenvalue weighted by Gasteiger charge is -2.17. The van der Waals surface area contributed by atoms with Crippen LogP contribution in [0, 0.1) is 30.6 Å². The average Bonchev–Trinajstić information content (AvgIpc) is 3.48. The minimum absolute atomic E-state index is 0.119. The zero-order valence-corrected chi connectivity index (χ0v) is 17.5. The van der Waals surface area contributed by atoms with E-state index in [1.54, 1.807) is 30.5 Å². The van der Waals surface area contributed by atoms with Crippen molar-refractivity contribution in [3.8, 4) is 0 Å². The smallest absolute Gasteiger partial charge is 0.255 e. The first kappa shape index (κ1) is 18.9. The van der Waals surface area contributed by atoms with E-state index < -0.39 is 0 Å². The summed E-state index contributed by atoms with van der Waals surface area (Å²) in [5.41, 5.74) is 3.43. The van der Waals surface area contributed by atoms with Gasteiger partial charge in [0.1, 0.15) is 0 Å². The molecule has 3 aliphatic rings. The number of rotatable bonds is 3. The number of anilines is 2. The molecule has 3 amide bonds. The normalized spacial score (nSPS) is 25.6. The molecule has 2 fully saturated rings. The van der Waals surface area contributed by atoms with Crippen LogP contribution in [0.5, 0.6) is 0 Å². The summed E-state index contributed by atoms with van der Waals surface area (Å²) < 4.78 is 0. The van der Waals surface area contributed by atoms with E-state index in [2.05, 4.69) is 22.5 Å². The minimum atomic E-state index is -0.273. The van der Waals surface area contributed by atoms with E-state index in [-0.39, 0.29) is 41.4 Å². The van der Waals surface area contributed by atoms with Gasteiger partial charge in [0.25, 0.3) is 5.91 Å². The molecule has 1 aromatic heterocycles. The summed E-state index contributed by atoms with van der Waals surface area (Å²) in [6.07, 6.45) is 6.79. The molecule has 2 unspecified atom stereocenters. The number of pyridine rings is 1. The molecule has 32 heavy (non-hydrogen) atoms. The van der Waals surface area contributed by atoms with Crippen molar-refractivity contribution in [1.29, 1.82) is 0 Å². The van der Waals surface area contributed by atoms with Crippen molar-refractivity contribution in [2.24, 2.45) is 23.7 Å². The van der Waals surface area contributed by atoms with Crippen molar-refractivity contribution in [3.63, 3.8) is 0 Å². The molecule has 1 saturated heterocycles. The molecule has 6 nitrogen and oxygen atoms in total. The van der Waals surface area contributed by atoms with Crippen LogP contribution in [0.2, 0.25) is 0 Å². The molecule has 6 heteroatoms. The van der Waals surface area contributed by atoms with Gasteiger partial charge in [-0.15, -0.1) is 0 Å². The standard InChI is InChI=1S/C26H21N3O3/c1-14-11-12-27-23-19(14)3-2-4-20(23)28-24(30)15-7-9-18(10-8-15)29-25(31)21-16-5-6-17(13-16)22(21)26(29)32/h2-12,16-17,21-22H,13H2,1H3,(H,28,30)/t16?,17?,21-,22+. The molecular weight excluding hydrogens is 402 g/mol. The Morgan fingerprint density at radius 1 is 0.969 bits per heavy atom. The third-order valence-corrected chi connectivity index (χ3v) is 7.10. The summed E-state index contributed by atoms with van der Waals surface area (Å²) >= 11 is 0. The Bertz CT molecular complexity index is 1300. The number of amides is 3. The van der Waals surface area contributed by atoms with Gasteiger partial charge in [0, 0.05) is 17.1 Å². The minimum Gasteiger partial charge on any atom is -0.320 e. The molecule has 2 aromatic carbocycles. The number of fused-ring (bicyclic) bond motifs is 6. The van der Waals surface area contributed by atoms with Crippen LogP contribution < -0.4 is 10.2 Å². The quantitative estimate of drug-likeness (QED) is 0.508. The number of aryl methyl sites for hydroxylation is 1. The molecule has 2 heterocycles. The number of nitrogens with zero attached hydrogens (tertiary/aromatic N) is 2. The SMILES string of the molecule is Cc1ccnc2c(NC(=O)c3ccc(N4C(=O)[C@@H]5C6C=CC(C6)[C@@H]5C4=O)cc3)cccc12. The van der Waals surface area contributed by atoms with Crippen molar-refractivity contribution < 1.29 is 14.4 Å². The Kier molecular flexibility index (Phi) is 4.05. The fourth-order valence-electron chi connectivity index (χ4n) is 5.53. The van der Waals surface area contributed by atoms with Gasteiger partial charge in [-0.1, -0.05) is 24.3 Å². The second kappa shape index (κ2) is 6.85. The van der Waals surface area contributed by atoms with Crippen molar-refractivity contribution >= 4 is 40.0 Å². The Balaban J connectivity index is 1.24. The van der Waals surface area contributed by atoms with Gasteiger partial charge in [0.05, 0.1) is 28.7 Å². The molecule has 0 spiro atoms. The van der Waals surface area contributed by atoms with Crippen LogP contribution in [0.3, 0.4) is 0 Å². The summed E-state index contributed by atoms with van der Waals surface area (Å²) in [5.74, 6) is -0.627. The highest BCUT2D eigenvalue weighted by molar-refractivity contribution is 6.23. The zero-order chi connectivity index (χ0) is 22.0. The number of hydrogen-bond donors (Lipinski definition) is 1. The molecule has 0 radical (unpaired) electrons. The molecule has 1 N–H and O–H groups in total. The van der Waals surface area contributed by atoms with Crippen LogP contribution in [0.1, 0.15) is 22.3 Å². The van der Waals surface area contributed by atoms with Gasteiger partial charge < -0.3 is 5.32 Å². The fourth-order valence-corrected chi connectivity index (χ4v) is 5.53. The lowest BCUT2D eigenvalue weighted by molar-refractivity contribution is -0.123. The molecular formula is C26H21N3O3. The first-order chi connectivity index (χ1) is 15.5. The van der Waals surface area contributed by atoms with Crippen molar-refractivity contribution in [1.82, 2.24) is 4.98 Å². The van der Waals surface area contributed by atoms with E-state index in [1.807, 2.05) is 31.2 Å². The van der Waals surface area contributed by atoms with Gasteiger partial charge >= 0.3 is 0 Å². The van der Waals surface area contributed by atoms with E-state index in [0.29, 0.717) is 16.9 Å². The highest BCUT2D eigenvalue weighted by Gasteiger charge is 2.59. The number of carbonyl (C=O) groups excluding carboxylic acids is 3. The monoisotopic (exact) mass is 423 g/mol. The average molecular weight is 423 g/mol. The van der Waals surface area contributed by atoms with Crippen LogP contribution in [0.25, 0.3) is 10.9 Å². The second-order valence-corrected chi connectivity index (χ2v) is 8.84. The number of para-hydroxylation sites is 1. The Hall–Kier alpha value is -3.80. The van der Waals surface area contributed by atoms with Crippen LogP contribution in [-0.2, 0) is 9.59 Å². The Morgan fingerprint density at radius 2 is 1.66 bits per heavy atom. The summed E-state index contributed by atoms with van der Waals surface area (Å²) in [6.45, 7) is 2.00. The lowest BCUT2D eigenvalue weighted by Crippen LogP contribution is -2.32. The van der Waals surface area contributed by atoms with Crippen LogP contribution in [0.4, 0.5) is 11.4 Å². The topological polar surface area (TPSA) is 79.4 Å². The summed E-state index contributed by atoms with van der Waals surface area (Å²) in [5, 5.41) is 3.92. The van der Waals surface area contributed by atoms with Crippen LogP contribution >= 0.6 is 0 Å². The molecule has 1 aliphatic heterocycles. The van der Waals surface area contributed by atoms with Gasteiger partial charge in [0.15, 0.2) is 0 Å². The Labute approximate surface area is 184 Å². The first-order valence-corrected chi connectivity index (χ1v) is 10.8. The van der Waals surface area contributed by atoms with Crippen LogP contribution in [0.15, 0.2) is 66.9 Å². The maximum Gasteiger partial charge on any atom is 0.255 e. The Morgan fingerprint density at radius 3 is 2.34 bits per heavy atom. The zero-order valence-electron chi connectivity index (χ0n) is 17.5. The number of carbonyl (C=O) groups is 3. The predicted octanol–water partition coefficient (Wildman–Crippen LogP) is 4.11. The number of nitrogens with one attached hydrogen (secondary N) is 1. The van der Waals surface area contributed by atoms with Crippen molar-refractivity contribution in [3.05, 3.63) is 78.0 Å². The maximum atomic E-state index is 13.0. The third-order valence-electron chi connectivity index (χ3n) is 7.10. The number of allylic oxidation sites excluding steroid dienone is 2. The largest absolute Gasteiger partial charge is 0.320 e. The number of benzene rings is 2. The molecule has 1 saturated carbocycles. The van der Waals surface area contributed by atoms with Gasteiger partial charge in [-0.2, -0.15) is 0 Å². The van der Waals surface area contributed by atoms with Crippen molar-refractivity contribution in [2.45, 2.75) is 13.3 Å². The molecule has 4 atom stereocenters. The lowest BCUT2D eigenvalue weighted by atomic mass is 9.85. The number of aromatic nitrogens is 1. The highest BCUT2D eigenvalue weighted by atomic mass is 16.2. The summed E-state index contributed by atoms with van der Waals surface area (Å²) in [6, 6.07) is 14.3. The number of imide groups is 1. The first-order valence-electron chi connectivity index (χ1n) is 10.8. The highest BCUT2D eigenvalue weighted by Crippen LogP contribution is 2.53. The van der Waals surface area contributed by atoms with Gasteiger partial charge in [0.2, 0.25) is 11.8 Å². The molecule has 2 bridgehead atoms. The molecule has 158 valence electrons. The maximum absolute atomic E-state index is 13.0. The van der Waals surface area contributed by atoms with E-state index in [1.165, 1.54) is 4.90 Å². The summed E-state index contributed by atoms with van der Waals surface area (Å²) in [7, 11) is 0. The van der Waals surface area contributed by atoms with E-state index in [9.17, 15) is 14.4 Å². The van der Waals surface area contributed by atoms with Crippen LogP contribution in [-0.4, -0.2) is 22.7 Å². The van der Waals surface area contributed by atoms with E-state index in [0.717, 1.165) is 22.9 Å². The molecule has 6 rings (SSSR count). The fraction of sp³-hybridized carbons (Fsp3) is 0.231. The molecule has 2 aliphatic carbocycles. The summed E-state index contributed by atoms with van der Waals surface area (Å²) in [4.78, 5) is 44.6. The third kappa shape index (κ3) is 2.65. The van der Waals surface area contributed by atoms with Gasteiger partial charge in [-0.25, -0.2) is 0 Å².